The molecule has 0 aliphatic heterocycles. The van der Waals surface area contributed by atoms with Crippen molar-refractivity contribution in [2.45, 2.75) is 13.8 Å². The topological polar surface area (TPSA) is 144 Å². The van der Waals surface area contributed by atoms with Crippen LogP contribution in [0.15, 0.2) is 84.0 Å². The molecule has 160 valence electrons. The minimum atomic E-state index is -0.234. The van der Waals surface area contributed by atoms with Gasteiger partial charge in [-0.15, -0.1) is 0 Å². The number of nitrogens with zero attached hydrogens (tertiary/aromatic N) is 4. The van der Waals surface area contributed by atoms with Crippen molar-refractivity contribution in [2.75, 3.05) is 10.6 Å². The highest BCUT2D eigenvalue weighted by Gasteiger charge is 2.19. The number of rotatable bonds is 4. The molecule has 10 heteroatoms. The molecule has 4 rings (SSSR count). The molecule has 0 aromatic carbocycles. The van der Waals surface area contributed by atoms with E-state index in [-0.39, 0.29) is 34.5 Å². The Morgan fingerprint density at radius 3 is 1.78 bits per heavy atom. The molecule has 0 saturated heterocycles. The molecule has 2 heterocycles. The molecule has 2 aromatic heterocycles. The fraction of sp³-hybridized carbons (Fsp3) is 0.0909. The van der Waals surface area contributed by atoms with E-state index in [1.54, 1.807) is 13.8 Å². The number of hydrogen-bond acceptors (Lipinski definition) is 10. The van der Waals surface area contributed by atoms with Crippen LogP contribution >= 0.6 is 0 Å². The van der Waals surface area contributed by atoms with Crippen molar-refractivity contribution in [2.24, 2.45) is 0 Å². The van der Waals surface area contributed by atoms with Crippen molar-refractivity contribution >= 4 is 34.8 Å². The Hall–Kier alpha value is -4.60. The van der Waals surface area contributed by atoms with Crippen LogP contribution in [0.3, 0.4) is 0 Å². The molecule has 32 heavy (non-hydrogen) atoms. The maximum absolute atomic E-state index is 11.7. The fourth-order valence-corrected chi connectivity index (χ4v) is 2.60. The summed E-state index contributed by atoms with van der Waals surface area (Å²) in [6, 6.07) is 0. The van der Waals surface area contributed by atoms with E-state index in [9.17, 15) is 19.2 Å². The molecular weight excluding hydrogens is 412 g/mol. The maximum atomic E-state index is 11.7. The fourth-order valence-electron chi connectivity index (χ4n) is 2.60. The van der Waals surface area contributed by atoms with E-state index in [0.29, 0.717) is 22.8 Å². The van der Waals surface area contributed by atoms with Crippen molar-refractivity contribution in [1.29, 1.82) is 0 Å². The van der Waals surface area contributed by atoms with Crippen LogP contribution in [-0.4, -0.2) is 43.1 Å². The number of hydrogen-bond donors (Lipinski definition) is 2. The van der Waals surface area contributed by atoms with Gasteiger partial charge in [-0.1, -0.05) is 0 Å². The molecule has 2 aliphatic carbocycles. The third-order valence-corrected chi connectivity index (χ3v) is 4.18. The van der Waals surface area contributed by atoms with Gasteiger partial charge in [-0.05, 0) is 26.0 Å². The predicted molar refractivity (Wildman–Crippen MR) is 115 cm³/mol. The second kappa shape index (κ2) is 9.94. The first-order valence-corrected chi connectivity index (χ1v) is 9.37. The molecule has 10 nitrogen and oxygen atoms in total. The molecule has 0 amide bonds. The van der Waals surface area contributed by atoms with Crippen LogP contribution in [-0.2, 0) is 19.2 Å². The highest BCUT2D eigenvalue weighted by atomic mass is 16.1. The second-order valence-corrected chi connectivity index (χ2v) is 6.66. The molecular formula is C22H18N6O4. The Labute approximate surface area is 182 Å². The number of carbonyl (C=O) groups excluding carboxylic acids is 4. The first-order chi connectivity index (χ1) is 15.3. The van der Waals surface area contributed by atoms with Gasteiger partial charge >= 0.3 is 0 Å². The summed E-state index contributed by atoms with van der Waals surface area (Å²) in [5, 5.41) is 5.52. The summed E-state index contributed by atoms with van der Waals surface area (Å²) in [6.07, 6.45) is 14.1. The van der Waals surface area contributed by atoms with E-state index in [2.05, 4.69) is 30.6 Å². The Morgan fingerprint density at radius 1 is 0.625 bits per heavy atom. The molecule has 0 atom stereocenters. The number of carbonyl (C=O) groups is 4. The third kappa shape index (κ3) is 5.72. The molecule has 0 saturated carbocycles. The smallest absolute Gasteiger partial charge is 0.205 e. The Bertz CT molecular complexity index is 1200. The lowest BCUT2D eigenvalue weighted by Gasteiger charge is -2.11. The number of anilines is 2. The zero-order chi connectivity index (χ0) is 23.1. The monoisotopic (exact) mass is 430 g/mol. The lowest BCUT2D eigenvalue weighted by Crippen LogP contribution is -2.18. The zero-order valence-electron chi connectivity index (χ0n) is 17.2. The van der Waals surface area contributed by atoms with Gasteiger partial charge < -0.3 is 10.6 Å². The summed E-state index contributed by atoms with van der Waals surface area (Å²) >= 11 is 0. The summed E-state index contributed by atoms with van der Waals surface area (Å²) in [7, 11) is 0. The van der Waals surface area contributed by atoms with Gasteiger partial charge in [0.1, 0.15) is 11.6 Å². The summed E-state index contributed by atoms with van der Waals surface area (Å²) < 4.78 is 0. The molecule has 2 aliphatic rings. The van der Waals surface area contributed by atoms with Gasteiger partial charge in [-0.3, -0.25) is 29.1 Å². The van der Waals surface area contributed by atoms with Crippen molar-refractivity contribution in [3.63, 3.8) is 0 Å². The van der Waals surface area contributed by atoms with E-state index in [0.717, 1.165) is 0 Å². The molecule has 0 radical (unpaired) electrons. The third-order valence-electron chi connectivity index (χ3n) is 4.18. The number of aromatic nitrogens is 4. The largest absolute Gasteiger partial charge is 0.336 e. The van der Waals surface area contributed by atoms with Crippen LogP contribution in [0.25, 0.3) is 0 Å². The Kier molecular flexibility index (Phi) is 6.86. The van der Waals surface area contributed by atoms with Gasteiger partial charge in [0.25, 0.3) is 0 Å². The molecule has 2 N–H and O–H groups in total. The van der Waals surface area contributed by atoms with Crippen LogP contribution in [0.4, 0.5) is 11.6 Å². The molecule has 0 bridgehead atoms. The normalized spacial score (nSPS) is 15.6. The van der Waals surface area contributed by atoms with Gasteiger partial charge in [0.15, 0.2) is 11.6 Å². The number of nitrogens with one attached hydrogen (secondary N) is 2. The van der Waals surface area contributed by atoms with E-state index in [1.807, 2.05) is 0 Å². The molecule has 2 aromatic rings. The van der Waals surface area contributed by atoms with Crippen molar-refractivity contribution < 1.29 is 19.2 Å². The molecule has 0 fully saturated rings. The van der Waals surface area contributed by atoms with Crippen LogP contribution < -0.4 is 10.6 Å². The average molecular weight is 430 g/mol. The molecule has 0 unspecified atom stereocenters. The lowest BCUT2D eigenvalue weighted by molar-refractivity contribution is -0.115. The summed E-state index contributed by atoms with van der Waals surface area (Å²) in [6.45, 7) is 3.21. The molecule has 0 spiro atoms. The summed E-state index contributed by atoms with van der Waals surface area (Å²) in [5.74, 6) is 0.0509. The number of allylic oxidation sites excluding steroid dienone is 6. The standard InChI is InChI=1S/2C11H9N3O2/c1-7-4-10(16)8(5-9(7)15)14-11-6-12-2-3-13-11;1-7-4-8(15)5-9(11(7)16)14-10-6-12-2-3-13-10/h2*2-6H,1H3,(H,13,14). The quantitative estimate of drug-likeness (QED) is 0.688. The second-order valence-electron chi connectivity index (χ2n) is 6.66. The van der Waals surface area contributed by atoms with Crippen LogP contribution in [0, 0.1) is 0 Å². The Morgan fingerprint density at radius 2 is 1.22 bits per heavy atom. The number of Topliss-reactive ketones (excluding diaryl/α,β-unsaturated/α-hetero) is 1. The highest BCUT2D eigenvalue weighted by molar-refractivity contribution is 6.21. The summed E-state index contributed by atoms with van der Waals surface area (Å²) in [4.78, 5) is 61.4. The van der Waals surface area contributed by atoms with E-state index in [4.69, 9.17) is 0 Å². The van der Waals surface area contributed by atoms with Crippen molar-refractivity contribution in [3.8, 4) is 0 Å². The van der Waals surface area contributed by atoms with Gasteiger partial charge in [0.05, 0.1) is 23.8 Å². The minimum absolute atomic E-state index is 0.175. The van der Waals surface area contributed by atoms with Gasteiger partial charge in [-0.25, -0.2) is 9.97 Å². The van der Waals surface area contributed by atoms with E-state index in [1.165, 1.54) is 61.5 Å². The van der Waals surface area contributed by atoms with Gasteiger partial charge in [0, 0.05) is 48.1 Å². The number of ketones is 4. The van der Waals surface area contributed by atoms with E-state index < -0.39 is 0 Å². The van der Waals surface area contributed by atoms with Crippen molar-refractivity contribution in [1.82, 2.24) is 19.9 Å². The lowest BCUT2D eigenvalue weighted by atomic mass is 10.0. The average Bonchev–Trinajstić information content (AvgIpc) is 2.77. The first-order valence-electron chi connectivity index (χ1n) is 9.37. The minimum Gasteiger partial charge on any atom is -0.336 e. The Balaban J connectivity index is 0.000000181. The summed E-state index contributed by atoms with van der Waals surface area (Å²) in [5.41, 5.74) is 1.30. The highest BCUT2D eigenvalue weighted by Crippen LogP contribution is 2.14. The van der Waals surface area contributed by atoms with Crippen molar-refractivity contribution in [3.05, 3.63) is 84.0 Å². The van der Waals surface area contributed by atoms with Crippen LogP contribution in [0.5, 0.6) is 0 Å². The van der Waals surface area contributed by atoms with E-state index >= 15 is 0 Å². The van der Waals surface area contributed by atoms with Crippen LogP contribution in [0.1, 0.15) is 13.8 Å². The zero-order valence-corrected chi connectivity index (χ0v) is 17.2. The SMILES string of the molecule is CC1=CC(=O)C(Nc2cnccn2)=CC1=O.CC1=CC(=O)C=C(Nc2cnccn2)C1=O. The van der Waals surface area contributed by atoms with Gasteiger partial charge in [-0.2, -0.15) is 0 Å². The first kappa shape index (κ1) is 22.1. The predicted octanol–water partition coefficient (Wildman–Crippen LogP) is 1.74. The van der Waals surface area contributed by atoms with Crippen LogP contribution in [0.2, 0.25) is 0 Å². The van der Waals surface area contributed by atoms with Gasteiger partial charge in [0.2, 0.25) is 11.6 Å². The maximum Gasteiger partial charge on any atom is 0.205 e.